The maximum Gasteiger partial charge on any atom is 0.292 e. The van der Waals surface area contributed by atoms with Crippen molar-refractivity contribution in [1.82, 2.24) is 15.0 Å². The Morgan fingerprint density at radius 1 is 1.04 bits per heavy atom. The molecule has 7 nitrogen and oxygen atoms in total. The van der Waals surface area contributed by atoms with Crippen LogP contribution in [0.3, 0.4) is 0 Å². The second-order valence-corrected chi connectivity index (χ2v) is 6.27. The van der Waals surface area contributed by atoms with Gasteiger partial charge in [0.2, 0.25) is 5.76 Å². The van der Waals surface area contributed by atoms with Crippen LogP contribution in [0.2, 0.25) is 0 Å². The Hall–Kier alpha value is -3.35. The van der Waals surface area contributed by atoms with Crippen LogP contribution in [0.1, 0.15) is 16.1 Å². The Balaban J connectivity index is 1.32. The highest BCUT2D eigenvalue weighted by atomic mass is 16.5. The van der Waals surface area contributed by atoms with E-state index in [1.54, 1.807) is 17.2 Å². The lowest BCUT2D eigenvalue weighted by Crippen LogP contribution is -2.49. The Kier molecular flexibility index (Phi) is 5.00. The van der Waals surface area contributed by atoms with Gasteiger partial charge in [0.1, 0.15) is 12.4 Å². The van der Waals surface area contributed by atoms with Gasteiger partial charge >= 0.3 is 0 Å². The van der Waals surface area contributed by atoms with Gasteiger partial charge in [-0.15, -0.1) is 0 Å². The maximum atomic E-state index is 12.6. The molecule has 3 aromatic rings. The number of nitrogens with zero attached hydrogens (tertiary/aromatic N) is 4. The van der Waals surface area contributed by atoms with Gasteiger partial charge in [0.15, 0.2) is 0 Å². The van der Waals surface area contributed by atoms with E-state index in [-0.39, 0.29) is 11.7 Å². The fourth-order valence-corrected chi connectivity index (χ4v) is 2.99. The standard InChI is InChI=1S/C20H20N4O3/c25-20(24-12-10-23(11-13-24)18-8-4-5-9-21-18)17-14-19(22-27-17)26-15-16-6-2-1-3-7-16/h1-9,14H,10-13,15H2. The summed E-state index contributed by atoms with van der Waals surface area (Å²) in [6.45, 7) is 3.05. The zero-order chi connectivity index (χ0) is 18.5. The number of carbonyl (C=O) groups excluding carboxylic acids is 1. The molecule has 4 rings (SSSR count). The molecule has 1 amide bonds. The summed E-state index contributed by atoms with van der Waals surface area (Å²) in [7, 11) is 0. The molecular formula is C20H20N4O3. The van der Waals surface area contributed by atoms with E-state index in [1.807, 2.05) is 48.5 Å². The first-order valence-corrected chi connectivity index (χ1v) is 8.88. The third kappa shape index (κ3) is 4.08. The molecule has 2 aromatic heterocycles. The molecule has 0 spiro atoms. The molecule has 0 atom stereocenters. The van der Waals surface area contributed by atoms with Crippen LogP contribution in [0.5, 0.6) is 5.88 Å². The SMILES string of the molecule is O=C(c1cc(OCc2ccccc2)no1)N1CCN(c2ccccn2)CC1. The van der Waals surface area contributed by atoms with Gasteiger partial charge in [-0.05, 0) is 22.9 Å². The molecule has 0 unspecified atom stereocenters. The summed E-state index contributed by atoms with van der Waals surface area (Å²) in [6.07, 6.45) is 1.78. The number of benzene rings is 1. The number of hydrogen-bond donors (Lipinski definition) is 0. The first kappa shape index (κ1) is 17.1. The van der Waals surface area contributed by atoms with Crippen molar-refractivity contribution in [3.8, 4) is 5.88 Å². The van der Waals surface area contributed by atoms with Gasteiger partial charge in [-0.2, -0.15) is 0 Å². The zero-order valence-electron chi connectivity index (χ0n) is 14.8. The van der Waals surface area contributed by atoms with E-state index in [2.05, 4.69) is 15.0 Å². The predicted octanol–water partition coefficient (Wildman–Crippen LogP) is 2.61. The summed E-state index contributed by atoms with van der Waals surface area (Å²) in [4.78, 5) is 20.9. The minimum absolute atomic E-state index is 0.169. The summed E-state index contributed by atoms with van der Waals surface area (Å²) in [6, 6.07) is 17.2. The van der Waals surface area contributed by atoms with Crippen molar-refractivity contribution in [3.05, 3.63) is 72.1 Å². The molecule has 1 saturated heterocycles. The third-order valence-corrected chi connectivity index (χ3v) is 4.47. The number of pyridine rings is 1. The van der Waals surface area contributed by atoms with Crippen molar-refractivity contribution in [2.75, 3.05) is 31.1 Å². The van der Waals surface area contributed by atoms with Crippen molar-refractivity contribution in [2.24, 2.45) is 0 Å². The highest BCUT2D eigenvalue weighted by Gasteiger charge is 2.25. The minimum atomic E-state index is -0.169. The van der Waals surface area contributed by atoms with Crippen LogP contribution in [0.25, 0.3) is 0 Å². The van der Waals surface area contributed by atoms with Crippen molar-refractivity contribution < 1.29 is 14.1 Å². The molecule has 1 aliphatic heterocycles. The van der Waals surface area contributed by atoms with Crippen LogP contribution in [0, 0.1) is 0 Å². The van der Waals surface area contributed by atoms with E-state index in [0.717, 1.165) is 24.5 Å². The lowest BCUT2D eigenvalue weighted by atomic mass is 10.2. The van der Waals surface area contributed by atoms with Crippen LogP contribution in [-0.2, 0) is 6.61 Å². The van der Waals surface area contributed by atoms with E-state index in [0.29, 0.717) is 25.6 Å². The summed E-state index contributed by atoms with van der Waals surface area (Å²) >= 11 is 0. The van der Waals surface area contributed by atoms with Crippen molar-refractivity contribution in [2.45, 2.75) is 6.61 Å². The van der Waals surface area contributed by atoms with Gasteiger partial charge in [0.25, 0.3) is 11.8 Å². The highest BCUT2D eigenvalue weighted by molar-refractivity contribution is 5.91. The molecule has 0 radical (unpaired) electrons. The Morgan fingerprint density at radius 3 is 2.56 bits per heavy atom. The molecule has 0 N–H and O–H groups in total. The fraction of sp³-hybridized carbons (Fsp3) is 0.250. The Labute approximate surface area is 157 Å². The van der Waals surface area contributed by atoms with Crippen molar-refractivity contribution in [3.63, 3.8) is 0 Å². The smallest absolute Gasteiger partial charge is 0.292 e. The first-order valence-electron chi connectivity index (χ1n) is 8.88. The van der Waals surface area contributed by atoms with Gasteiger partial charge < -0.3 is 19.1 Å². The largest absolute Gasteiger partial charge is 0.471 e. The maximum absolute atomic E-state index is 12.6. The second-order valence-electron chi connectivity index (χ2n) is 6.27. The Bertz CT molecular complexity index is 875. The monoisotopic (exact) mass is 364 g/mol. The second kappa shape index (κ2) is 7.90. The quantitative estimate of drug-likeness (QED) is 0.693. The molecule has 1 aliphatic rings. The number of piperazine rings is 1. The Morgan fingerprint density at radius 2 is 1.81 bits per heavy atom. The third-order valence-electron chi connectivity index (χ3n) is 4.47. The van der Waals surface area contributed by atoms with Crippen LogP contribution < -0.4 is 9.64 Å². The number of amides is 1. The lowest BCUT2D eigenvalue weighted by molar-refractivity contribution is 0.0704. The van der Waals surface area contributed by atoms with E-state index in [9.17, 15) is 4.79 Å². The normalized spacial score (nSPS) is 14.2. The number of aromatic nitrogens is 2. The van der Waals surface area contributed by atoms with Gasteiger partial charge in [0.05, 0.1) is 6.07 Å². The molecule has 1 aromatic carbocycles. The van der Waals surface area contributed by atoms with Crippen LogP contribution in [-0.4, -0.2) is 47.1 Å². The van der Waals surface area contributed by atoms with Gasteiger partial charge in [0, 0.05) is 32.4 Å². The molecule has 1 fully saturated rings. The van der Waals surface area contributed by atoms with E-state index >= 15 is 0 Å². The first-order chi connectivity index (χ1) is 13.3. The molecule has 138 valence electrons. The number of carbonyl (C=O) groups is 1. The average Bonchev–Trinajstić information content (AvgIpc) is 3.22. The lowest BCUT2D eigenvalue weighted by Gasteiger charge is -2.34. The van der Waals surface area contributed by atoms with Crippen molar-refractivity contribution >= 4 is 11.7 Å². The molecular weight excluding hydrogens is 344 g/mol. The molecule has 0 aliphatic carbocycles. The summed E-state index contributed by atoms with van der Waals surface area (Å²) in [5.41, 5.74) is 1.03. The van der Waals surface area contributed by atoms with Gasteiger partial charge in [-0.3, -0.25) is 4.79 Å². The summed E-state index contributed by atoms with van der Waals surface area (Å²) in [5, 5.41) is 3.84. The topological polar surface area (TPSA) is 71.7 Å². The number of ether oxygens (including phenoxy) is 1. The summed E-state index contributed by atoms with van der Waals surface area (Å²) in [5.74, 6) is 1.28. The van der Waals surface area contributed by atoms with Gasteiger partial charge in [-0.1, -0.05) is 36.4 Å². The van der Waals surface area contributed by atoms with E-state index < -0.39 is 0 Å². The zero-order valence-corrected chi connectivity index (χ0v) is 14.8. The molecule has 3 heterocycles. The van der Waals surface area contributed by atoms with Gasteiger partial charge in [-0.25, -0.2) is 4.98 Å². The fourth-order valence-electron chi connectivity index (χ4n) is 2.99. The number of hydrogen-bond acceptors (Lipinski definition) is 6. The van der Waals surface area contributed by atoms with Crippen molar-refractivity contribution in [1.29, 1.82) is 0 Å². The van der Waals surface area contributed by atoms with Crippen LogP contribution in [0.4, 0.5) is 5.82 Å². The highest BCUT2D eigenvalue weighted by Crippen LogP contribution is 2.18. The molecule has 27 heavy (non-hydrogen) atoms. The van der Waals surface area contributed by atoms with Crippen LogP contribution in [0.15, 0.2) is 65.3 Å². The number of rotatable bonds is 5. The predicted molar refractivity (Wildman–Crippen MR) is 99.6 cm³/mol. The van der Waals surface area contributed by atoms with E-state index in [4.69, 9.17) is 9.26 Å². The average molecular weight is 364 g/mol. The molecule has 0 bridgehead atoms. The van der Waals surface area contributed by atoms with E-state index in [1.165, 1.54) is 0 Å². The molecule has 0 saturated carbocycles. The minimum Gasteiger partial charge on any atom is -0.471 e. The summed E-state index contributed by atoms with van der Waals surface area (Å²) < 4.78 is 10.8. The number of anilines is 1. The molecule has 7 heteroatoms. The van der Waals surface area contributed by atoms with Crippen LogP contribution >= 0.6 is 0 Å².